The van der Waals surface area contributed by atoms with Crippen LogP contribution in [0.1, 0.15) is 15.9 Å². The van der Waals surface area contributed by atoms with Gasteiger partial charge in [-0.1, -0.05) is 48.2 Å². The fourth-order valence-electron chi connectivity index (χ4n) is 2.21. The van der Waals surface area contributed by atoms with Crippen molar-refractivity contribution in [2.24, 2.45) is 4.99 Å². The van der Waals surface area contributed by atoms with Crippen LogP contribution in [-0.2, 0) is 0 Å². The number of aliphatic imine (C=N–C) groups is 1. The molecule has 1 saturated heterocycles. The highest BCUT2D eigenvalue weighted by atomic mass is 32.2. The van der Waals surface area contributed by atoms with Gasteiger partial charge in [0, 0.05) is 17.9 Å². The standard InChI is InChI=1S/C17H16N2OS/c1-13-7-5-6-10-15(13)18-17-19(11-12-21-17)16(20)14-8-3-2-4-9-14/h2-10H,11-12H2,1H3. The summed E-state index contributed by atoms with van der Waals surface area (Å²) in [6, 6.07) is 17.3. The molecule has 1 amide bonds. The zero-order chi connectivity index (χ0) is 14.7. The number of hydrogen-bond acceptors (Lipinski definition) is 3. The molecular formula is C17H16N2OS. The lowest BCUT2D eigenvalue weighted by Gasteiger charge is -2.16. The van der Waals surface area contributed by atoms with Crippen LogP contribution >= 0.6 is 11.8 Å². The topological polar surface area (TPSA) is 32.7 Å². The van der Waals surface area contributed by atoms with E-state index in [2.05, 4.69) is 4.99 Å². The Morgan fingerprint density at radius 2 is 1.81 bits per heavy atom. The molecule has 106 valence electrons. The van der Waals surface area contributed by atoms with E-state index in [9.17, 15) is 4.79 Å². The molecule has 0 bridgehead atoms. The van der Waals surface area contributed by atoms with Gasteiger partial charge in [0.05, 0.1) is 5.69 Å². The first-order valence-corrected chi connectivity index (χ1v) is 7.88. The van der Waals surface area contributed by atoms with Crippen molar-refractivity contribution in [2.75, 3.05) is 12.3 Å². The van der Waals surface area contributed by atoms with Crippen LogP contribution in [0.25, 0.3) is 0 Å². The minimum absolute atomic E-state index is 0.0212. The molecule has 1 aliphatic heterocycles. The SMILES string of the molecule is Cc1ccccc1N=C1SCCN1C(=O)c1ccccc1. The number of benzene rings is 2. The molecule has 2 aromatic carbocycles. The van der Waals surface area contributed by atoms with Gasteiger partial charge < -0.3 is 0 Å². The highest BCUT2D eigenvalue weighted by Crippen LogP contribution is 2.26. The summed E-state index contributed by atoms with van der Waals surface area (Å²) < 4.78 is 0. The van der Waals surface area contributed by atoms with Gasteiger partial charge in [-0.25, -0.2) is 4.99 Å². The number of carbonyl (C=O) groups excluding carboxylic acids is 1. The van der Waals surface area contributed by atoms with E-state index in [-0.39, 0.29) is 5.91 Å². The second-order valence-corrected chi connectivity index (χ2v) is 5.91. The van der Waals surface area contributed by atoms with Gasteiger partial charge in [-0.2, -0.15) is 0 Å². The third kappa shape index (κ3) is 3.00. The van der Waals surface area contributed by atoms with Crippen LogP contribution < -0.4 is 0 Å². The largest absolute Gasteiger partial charge is 0.286 e. The number of amides is 1. The van der Waals surface area contributed by atoms with Crippen LogP contribution in [0.2, 0.25) is 0 Å². The molecule has 0 atom stereocenters. The van der Waals surface area contributed by atoms with E-state index in [1.807, 2.05) is 61.5 Å². The number of amidine groups is 1. The fraction of sp³-hybridized carbons (Fsp3) is 0.176. The maximum absolute atomic E-state index is 12.6. The average molecular weight is 296 g/mol. The molecule has 2 aromatic rings. The van der Waals surface area contributed by atoms with Crippen LogP contribution in [0, 0.1) is 6.92 Å². The maximum Gasteiger partial charge on any atom is 0.259 e. The summed E-state index contributed by atoms with van der Waals surface area (Å²) in [7, 11) is 0. The molecule has 4 heteroatoms. The molecule has 3 rings (SSSR count). The van der Waals surface area contributed by atoms with E-state index >= 15 is 0 Å². The van der Waals surface area contributed by atoms with Crippen molar-refractivity contribution in [3.63, 3.8) is 0 Å². The lowest BCUT2D eigenvalue weighted by atomic mass is 10.2. The van der Waals surface area contributed by atoms with Gasteiger partial charge >= 0.3 is 0 Å². The Hall–Kier alpha value is -2.07. The zero-order valence-electron chi connectivity index (χ0n) is 11.8. The van der Waals surface area contributed by atoms with Crippen LogP contribution in [0.15, 0.2) is 59.6 Å². The Morgan fingerprint density at radius 3 is 2.57 bits per heavy atom. The number of carbonyl (C=O) groups is 1. The molecular weight excluding hydrogens is 280 g/mol. The lowest BCUT2D eigenvalue weighted by Crippen LogP contribution is -2.31. The van der Waals surface area contributed by atoms with Crippen molar-refractivity contribution in [1.29, 1.82) is 0 Å². The third-order valence-corrected chi connectivity index (χ3v) is 4.33. The Kier molecular flexibility index (Phi) is 4.06. The normalized spacial score (nSPS) is 16.4. The molecule has 0 saturated carbocycles. The quantitative estimate of drug-likeness (QED) is 0.842. The molecule has 0 radical (unpaired) electrons. The van der Waals surface area contributed by atoms with Crippen molar-refractivity contribution in [1.82, 2.24) is 4.90 Å². The first-order chi connectivity index (χ1) is 10.3. The Bertz CT molecular complexity index is 682. The van der Waals surface area contributed by atoms with Gasteiger partial charge in [0.25, 0.3) is 5.91 Å². The maximum atomic E-state index is 12.6. The lowest BCUT2D eigenvalue weighted by molar-refractivity contribution is 0.0859. The second-order valence-electron chi connectivity index (χ2n) is 4.85. The Balaban J connectivity index is 1.90. The molecule has 1 aliphatic rings. The van der Waals surface area contributed by atoms with E-state index in [0.717, 1.165) is 22.2 Å². The summed E-state index contributed by atoms with van der Waals surface area (Å²) in [4.78, 5) is 19.0. The first-order valence-electron chi connectivity index (χ1n) is 6.90. The summed E-state index contributed by atoms with van der Waals surface area (Å²) in [6.07, 6.45) is 0. The van der Waals surface area contributed by atoms with Crippen molar-refractivity contribution < 1.29 is 4.79 Å². The number of thioether (sulfide) groups is 1. The molecule has 0 spiro atoms. The van der Waals surface area contributed by atoms with E-state index in [1.165, 1.54) is 0 Å². The highest BCUT2D eigenvalue weighted by Gasteiger charge is 2.26. The summed E-state index contributed by atoms with van der Waals surface area (Å²) in [6.45, 7) is 2.74. The fourth-order valence-corrected chi connectivity index (χ4v) is 3.16. The molecule has 0 unspecified atom stereocenters. The summed E-state index contributed by atoms with van der Waals surface area (Å²) in [5, 5.41) is 0.790. The van der Waals surface area contributed by atoms with E-state index in [0.29, 0.717) is 12.1 Å². The van der Waals surface area contributed by atoms with E-state index in [4.69, 9.17) is 0 Å². The molecule has 3 nitrogen and oxygen atoms in total. The van der Waals surface area contributed by atoms with Crippen LogP contribution in [-0.4, -0.2) is 28.3 Å². The molecule has 21 heavy (non-hydrogen) atoms. The number of nitrogens with zero attached hydrogens (tertiary/aromatic N) is 2. The number of hydrogen-bond donors (Lipinski definition) is 0. The monoisotopic (exact) mass is 296 g/mol. The van der Waals surface area contributed by atoms with Crippen molar-refractivity contribution in [3.05, 3.63) is 65.7 Å². The number of para-hydroxylation sites is 1. The van der Waals surface area contributed by atoms with Gasteiger partial charge in [0.15, 0.2) is 5.17 Å². The van der Waals surface area contributed by atoms with Crippen molar-refractivity contribution >= 4 is 28.5 Å². The zero-order valence-corrected chi connectivity index (χ0v) is 12.6. The van der Waals surface area contributed by atoms with Gasteiger partial charge in [-0.05, 0) is 30.7 Å². The minimum atomic E-state index is 0.0212. The molecule has 1 fully saturated rings. The summed E-state index contributed by atoms with van der Waals surface area (Å²) in [5.41, 5.74) is 2.75. The number of rotatable bonds is 2. The molecule has 0 aromatic heterocycles. The van der Waals surface area contributed by atoms with E-state index < -0.39 is 0 Å². The predicted molar refractivity (Wildman–Crippen MR) is 88.2 cm³/mol. The van der Waals surface area contributed by atoms with Crippen molar-refractivity contribution in [2.45, 2.75) is 6.92 Å². The molecule has 0 N–H and O–H groups in total. The Morgan fingerprint density at radius 1 is 1.10 bits per heavy atom. The third-order valence-electron chi connectivity index (χ3n) is 3.37. The molecule has 0 aliphatic carbocycles. The summed E-state index contributed by atoms with van der Waals surface area (Å²) >= 11 is 1.63. The second kappa shape index (κ2) is 6.14. The minimum Gasteiger partial charge on any atom is -0.286 e. The Labute approximate surface area is 128 Å². The average Bonchev–Trinajstić information content (AvgIpc) is 2.98. The van der Waals surface area contributed by atoms with Crippen LogP contribution in [0.4, 0.5) is 5.69 Å². The van der Waals surface area contributed by atoms with Crippen LogP contribution in [0.3, 0.4) is 0 Å². The van der Waals surface area contributed by atoms with Gasteiger partial charge in [-0.3, -0.25) is 9.69 Å². The molecule has 1 heterocycles. The smallest absolute Gasteiger partial charge is 0.259 e. The van der Waals surface area contributed by atoms with Gasteiger partial charge in [0.2, 0.25) is 0 Å². The predicted octanol–water partition coefficient (Wildman–Crippen LogP) is 3.87. The number of aryl methyl sites for hydroxylation is 1. The summed E-state index contributed by atoms with van der Waals surface area (Å²) in [5.74, 6) is 0.913. The highest BCUT2D eigenvalue weighted by molar-refractivity contribution is 8.14. The van der Waals surface area contributed by atoms with Crippen LogP contribution in [0.5, 0.6) is 0 Å². The first kappa shape index (κ1) is 13.9. The van der Waals surface area contributed by atoms with Crippen molar-refractivity contribution in [3.8, 4) is 0 Å². The van der Waals surface area contributed by atoms with Gasteiger partial charge in [0.1, 0.15) is 0 Å². The van der Waals surface area contributed by atoms with E-state index in [1.54, 1.807) is 16.7 Å². The van der Waals surface area contributed by atoms with Gasteiger partial charge in [-0.15, -0.1) is 0 Å².